The normalized spacial score (nSPS) is 13.2. The zero-order chi connectivity index (χ0) is 37.8. The first-order valence-corrected chi connectivity index (χ1v) is 19.7. The third-order valence-corrected chi connectivity index (χ3v) is 12.3. The highest BCUT2D eigenvalue weighted by atomic mass is 15.0. The Kier molecular flexibility index (Phi) is 6.65. The molecule has 0 amide bonds. The number of fused-ring (bicyclic) bond motifs is 13. The number of hydrogen-bond donors (Lipinski definition) is 0. The van der Waals surface area contributed by atoms with Crippen molar-refractivity contribution in [1.82, 2.24) is 19.1 Å². The number of benzene rings is 8. The summed E-state index contributed by atoms with van der Waals surface area (Å²) in [5, 5.41) is 6.13. The van der Waals surface area contributed by atoms with Crippen LogP contribution in [0.3, 0.4) is 0 Å². The zero-order valence-electron chi connectivity index (χ0n) is 31.6. The Morgan fingerprint density at radius 2 is 1.00 bits per heavy atom. The second-order valence-electron chi connectivity index (χ2n) is 15.7. The smallest absolute Gasteiger partial charge is 0.160 e. The summed E-state index contributed by atoms with van der Waals surface area (Å²) in [7, 11) is 0. The topological polar surface area (TPSA) is 35.6 Å². The van der Waals surface area contributed by atoms with Crippen LogP contribution >= 0.6 is 0 Å². The Morgan fingerprint density at radius 1 is 0.439 bits per heavy atom. The molecular formula is C53H36N4. The quantitative estimate of drug-likeness (QED) is 0.181. The maximum Gasteiger partial charge on any atom is 0.160 e. The third-order valence-electron chi connectivity index (χ3n) is 12.3. The van der Waals surface area contributed by atoms with Crippen LogP contribution < -0.4 is 0 Å². The fourth-order valence-corrected chi connectivity index (χ4v) is 9.85. The number of nitrogens with zero attached hydrogens (tertiary/aromatic N) is 4. The van der Waals surface area contributed by atoms with Gasteiger partial charge in [-0.25, -0.2) is 9.97 Å². The Bertz CT molecular complexity index is 3410. The molecule has 57 heavy (non-hydrogen) atoms. The van der Waals surface area contributed by atoms with Gasteiger partial charge < -0.3 is 9.13 Å². The van der Waals surface area contributed by atoms with Crippen LogP contribution in [0.5, 0.6) is 0 Å². The van der Waals surface area contributed by atoms with E-state index in [2.05, 4.69) is 193 Å². The van der Waals surface area contributed by atoms with Gasteiger partial charge >= 0.3 is 0 Å². The summed E-state index contributed by atoms with van der Waals surface area (Å²) in [6, 6.07) is 65.4. The first-order valence-electron chi connectivity index (χ1n) is 19.7. The van der Waals surface area contributed by atoms with E-state index in [0.717, 1.165) is 39.1 Å². The second-order valence-corrected chi connectivity index (χ2v) is 15.7. The Morgan fingerprint density at radius 3 is 1.74 bits per heavy atom. The number of para-hydroxylation sites is 4. The predicted octanol–water partition coefficient (Wildman–Crippen LogP) is 13.5. The SMILES string of the molecule is CC1(C)c2ccccc2-c2c1c1c3ccccc3n(-c3ccc(-c4nc(-c5ccccc5)c5ccccc5n4)cc3)c1c1c3ccccc3n(-c3ccccc3)c21. The highest BCUT2D eigenvalue weighted by Gasteiger charge is 2.41. The largest absolute Gasteiger partial charge is 0.309 e. The van der Waals surface area contributed by atoms with Gasteiger partial charge in [0, 0.05) is 60.4 Å². The van der Waals surface area contributed by atoms with Gasteiger partial charge in [0.15, 0.2) is 5.82 Å². The lowest BCUT2D eigenvalue weighted by Crippen LogP contribution is -2.15. The standard InChI is InChI=1S/C53H36N4/c1-53(2)41-25-13-9-21-37(41)45-48(53)46-39-23-11-15-27-43(39)57(51(46)47-40-24-12-16-28-44(40)56(50(45)47)35-19-7-4-8-20-35)36-31-29-34(30-32-36)52-54-42-26-14-10-22-38(42)49(55-52)33-17-5-3-6-18-33/h3-32H,1-2H3. The minimum absolute atomic E-state index is 0.237. The van der Waals surface area contributed by atoms with E-state index in [4.69, 9.17) is 9.97 Å². The van der Waals surface area contributed by atoms with Crippen LogP contribution in [-0.2, 0) is 5.41 Å². The molecule has 1 aliphatic carbocycles. The molecule has 0 spiro atoms. The van der Waals surface area contributed by atoms with Crippen molar-refractivity contribution in [3.8, 4) is 45.1 Å². The monoisotopic (exact) mass is 728 g/mol. The van der Waals surface area contributed by atoms with E-state index in [1.54, 1.807) is 0 Å². The molecule has 0 atom stereocenters. The molecule has 0 radical (unpaired) electrons. The van der Waals surface area contributed by atoms with Gasteiger partial charge in [-0.15, -0.1) is 0 Å². The molecule has 0 fully saturated rings. The van der Waals surface area contributed by atoms with Crippen molar-refractivity contribution >= 4 is 54.5 Å². The molecule has 12 rings (SSSR count). The first kappa shape index (κ1) is 32.0. The minimum Gasteiger partial charge on any atom is -0.309 e. The van der Waals surface area contributed by atoms with Gasteiger partial charge in [0.05, 0.1) is 33.3 Å². The van der Waals surface area contributed by atoms with Crippen molar-refractivity contribution in [2.24, 2.45) is 0 Å². The molecular weight excluding hydrogens is 693 g/mol. The summed E-state index contributed by atoms with van der Waals surface area (Å²) < 4.78 is 5.02. The molecule has 11 aromatic rings. The van der Waals surface area contributed by atoms with E-state index in [0.29, 0.717) is 5.82 Å². The molecule has 3 aromatic heterocycles. The van der Waals surface area contributed by atoms with E-state index in [1.807, 2.05) is 12.1 Å². The van der Waals surface area contributed by atoms with Crippen molar-refractivity contribution in [2.75, 3.05) is 0 Å². The van der Waals surface area contributed by atoms with Crippen LogP contribution in [0.25, 0.3) is 99.7 Å². The summed E-state index contributed by atoms with van der Waals surface area (Å²) in [6.07, 6.45) is 0. The van der Waals surface area contributed by atoms with Gasteiger partial charge in [0.1, 0.15) is 0 Å². The fraction of sp³-hybridized carbons (Fsp3) is 0.0566. The number of aromatic nitrogens is 4. The molecule has 0 unspecified atom stereocenters. The lowest BCUT2D eigenvalue weighted by molar-refractivity contribution is 0.667. The maximum atomic E-state index is 5.19. The zero-order valence-corrected chi connectivity index (χ0v) is 31.6. The molecule has 8 aromatic carbocycles. The van der Waals surface area contributed by atoms with E-state index in [1.165, 1.54) is 65.9 Å². The van der Waals surface area contributed by atoms with Gasteiger partial charge in [0.25, 0.3) is 0 Å². The molecule has 0 aliphatic heterocycles. The van der Waals surface area contributed by atoms with Crippen LogP contribution in [-0.4, -0.2) is 19.1 Å². The lowest BCUT2D eigenvalue weighted by atomic mass is 9.80. The summed E-state index contributed by atoms with van der Waals surface area (Å²) in [6.45, 7) is 4.82. The molecule has 0 N–H and O–H groups in total. The van der Waals surface area contributed by atoms with Crippen molar-refractivity contribution in [3.63, 3.8) is 0 Å². The van der Waals surface area contributed by atoms with Crippen molar-refractivity contribution < 1.29 is 0 Å². The highest BCUT2D eigenvalue weighted by molar-refractivity contribution is 6.31. The van der Waals surface area contributed by atoms with E-state index in [-0.39, 0.29) is 5.41 Å². The van der Waals surface area contributed by atoms with Crippen LogP contribution in [0, 0.1) is 0 Å². The van der Waals surface area contributed by atoms with E-state index < -0.39 is 0 Å². The molecule has 0 saturated carbocycles. The van der Waals surface area contributed by atoms with Crippen LogP contribution in [0.2, 0.25) is 0 Å². The van der Waals surface area contributed by atoms with Gasteiger partial charge in [-0.05, 0) is 71.3 Å². The van der Waals surface area contributed by atoms with E-state index in [9.17, 15) is 0 Å². The minimum atomic E-state index is -0.237. The molecule has 1 aliphatic rings. The lowest BCUT2D eigenvalue weighted by Gasteiger charge is -2.23. The molecule has 3 heterocycles. The Balaban J connectivity index is 1.19. The molecule has 4 nitrogen and oxygen atoms in total. The summed E-state index contributed by atoms with van der Waals surface area (Å²) in [5.41, 5.74) is 16.2. The average molecular weight is 729 g/mol. The van der Waals surface area contributed by atoms with Crippen LogP contribution in [0.1, 0.15) is 25.0 Å². The first-order chi connectivity index (χ1) is 28.1. The van der Waals surface area contributed by atoms with Crippen molar-refractivity contribution in [3.05, 3.63) is 193 Å². The maximum absolute atomic E-state index is 5.19. The van der Waals surface area contributed by atoms with Crippen molar-refractivity contribution in [2.45, 2.75) is 19.3 Å². The number of rotatable bonds is 4. The van der Waals surface area contributed by atoms with E-state index >= 15 is 0 Å². The van der Waals surface area contributed by atoms with Gasteiger partial charge in [0.2, 0.25) is 0 Å². The molecule has 0 saturated heterocycles. The predicted molar refractivity (Wildman–Crippen MR) is 237 cm³/mol. The van der Waals surface area contributed by atoms with Crippen molar-refractivity contribution in [1.29, 1.82) is 0 Å². The summed E-state index contributed by atoms with van der Waals surface area (Å²) in [5.74, 6) is 0.715. The Hall–Kier alpha value is -7.30. The third kappa shape index (κ3) is 4.44. The summed E-state index contributed by atoms with van der Waals surface area (Å²) >= 11 is 0. The van der Waals surface area contributed by atoms with Gasteiger partial charge in [-0.1, -0.05) is 141 Å². The van der Waals surface area contributed by atoms with Gasteiger partial charge in [-0.2, -0.15) is 0 Å². The summed E-state index contributed by atoms with van der Waals surface area (Å²) in [4.78, 5) is 10.3. The van der Waals surface area contributed by atoms with Crippen LogP contribution in [0.4, 0.5) is 0 Å². The second kappa shape index (κ2) is 11.8. The van der Waals surface area contributed by atoms with Gasteiger partial charge in [-0.3, -0.25) is 0 Å². The average Bonchev–Trinajstić information content (AvgIpc) is 3.87. The number of hydrogen-bond acceptors (Lipinski definition) is 2. The highest BCUT2D eigenvalue weighted by Crippen LogP contribution is 2.58. The molecule has 4 heteroatoms. The molecule has 268 valence electrons. The van der Waals surface area contributed by atoms with Crippen LogP contribution in [0.15, 0.2) is 182 Å². The fourth-order valence-electron chi connectivity index (χ4n) is 9.85. The Labute approximate surface area is 329 Å². The molecule has 0 bridgehead atoms.